The lowest BCUT2D eigenvalue weighted by atomic mass is 10.2. The van der Waals surface area contributed by atoms with Gasteiger partial charge < -0.3 is 9.64 Å². The Morgan fingerprint density at radius 1 is 1.71 bits per heavy atom. The summed E-state index contributed by atoms with van der Waals surface area (Å²) >= 11 is 9.17. The van der Waals surface area contributed by atoms with Gasteiger partial charge in [0.15, 0.2) is 0 Å². The fourth-order valence-corrected chi connectivity index (χ4v) is 2.41. The van der Waals surface area contributed by atoms with Crippen LogP contribution in [-0.2, 0) is 4.74 Å². The highest BCUT2D eigenvalue weighted by molar-refractivity contribution is 9.10. The number of pyridine rings is 1. The van der Waals surface area contributed by atoms with Crippen molar-refractivity contribution in [3.63, 3.8) is 0 Å². The second-order valence-electron chi connectivity index (χ2n) is 3.72. The molecule has 1 aliphatic rings. The minimum atomic E-state index is -0.105. The zero-order valence-electron chi connectivity index (χ0n) is 9.10. The van der Waals surface area contributed by atoms with Gasteiger partial charge in [0.05, 0.1) is 19.3 Å². The molecule has 0 bridgehead atoms. The minimum Gasteiger partial charge on any atom is -0.377 e. The Morgan fingerprint density at radius 2 is 2.53 bits per heavy atom. The molecule has 1 fully saturated rings. The maximum atomic E-state index is 12.3. The molecule has 2 heterocycles. The highest BCUT2D eigenvalue weighted by Gasteiger charge is 2.29. The van der Waals surface area contributed by atoms with Crippen LogP contribution < -0.4 is 0 Å². The lowest BCUT2D eigenvalue weighted by molar-refractivity contribution is 0.00418. The second kappa shape index (κ2) is 5.80. The lowest BCUT2D eigenvalue weighted by Gasteiger charge is -2.34. The van der Waals surface area contributed by atoms with Crippen LogP contribution >= 0.6 is 27.5 Å². The molecule has 4 nitrogen and oxygen atoms in total. The van der Waals surface area contributed by atoms with E-state index in [0.29, 0.717) is 35.8 Å². The number of ether oxygens (including phenoxy) is 1. The summed E-state index contributed by atoms with van der Waals surface area (Å²) in [5, 5.41) is 0. The minimum absolute atomic E-state index is 0.0770. The van der Waals surface area contributed by atoms with Crippen LogP contribution in [0.1, 0.15) is 10.5 Å². The van der Waals surface area contributed by atoms with E-state index >= 15 is 0 Å². The number of nitrogens with zero attached hydrogens (tertiary/aromatic N) is 2. The topological polar surface area (TPSA) is 42.4 Å². The molecule has 0 aromatic carbocycles. The molecule has 0 spiro atoms. The predicted octanol–water partition coefficient (Wildman–Crippen LogP) is 1.92. The lowest BCUT2D eigenvalue weighted by Crippen LogP contribution is -2.49. The molecule has 0 N–H and O–H groups in total. The summed E-state index contributed by atoms with van der Waals surface area (Å²) in [6.45, 7) is 1.59. The van der Waals surface area contributed by atoms with Crippen LogP contribution in [0.15, 0.2) is 22.8 Å². The van der Waals surface area contributed by atoms with Crippen molar-refractivity contribution in [3.8, 4) is 0 Å². The quantitative estimate of drug-likeness (QED) is 0.782. The Kier molecular flexibility index (Phi) is 4.36. The Labute approximate surface area is 113 Å². The first-order chi connectivity index (χ1) is 8.24. The number of rotatable bonds is 2. The molecule has 1 atom stereocenters. The average molecular weight is 320 g/mol. The van der Waals surface area contributed by atoms with Gasteiger partial charge in [0.25, 0.3) is 5.91 Å². The molecule has 6 heteroatoms. The van der Waals surface area contributed by atoms with Crippen LogP contribution in [-0.4, -0.2) is 47.5 Å². The van der Waals surface area contributed by atoms with Crippen LogP contribution in [0.25, 0.3) is 0 Å². The Balaban J connectivity index is 2.21. The SMILES string of the molecule is O=C(c1ncccc1Br)N1CCOCC1CCl. The van der Waals surface area contributed by atoms with Gasteiger partial charge in [-0.25, -0.2) is 4.98 Å². The summed E-state index contributed by atoms with van der Waals surface area (Å²) in [4.78, 5) is 18.1. The van der Waals surface area contributed by atoms with Gasteiger partial charge in [-0.05, 0) is 28.1 Å². The van der Waals surface area contributed by atoms with Crippen molar-refractivity contribution < 1.29 is 9.53 Å². The summed E-state index contributed by atoms with van der Waals surface area (Å²) in [5.41, 5.74) is 0.421. The van der Waals surface area contributed by atoms with Crippen molar-refractivity contribution in [2.24, 2.45) is 0 Å². The molecule has 92 valence electrons. The van der Waals surface area contributed by atoms with E-state index in [1.54, 1.807) is 23.2 Å². The molecule has 0 aliphatic carbocycles. The van der Waals surface area contributed by atoms with Gasteiger partial charge in [-0.2, -0.15) is 0 Å². The van der Waals surface area contributed by atoms with E-state index < -0.39 is 0 Å². The third-order valence-electron chi connectivity index (χ3n) is 2.63. The second-order valence-corrected chi connectivity index (χ2v) is 4.88. The van der Waals surface area contributed by atoms with Crippen LogP contribution in [0.4, 0.5) is 0 Å². The summed E-state index contributed by atoms with van der Waals surface area (Å²) in [7, 11) is 0. The molecule has 1 amide bonds. The molecule has 1 unspecified atom stereocenters. The fourth-order valence-electron chi connectivity index (χ4n) is 1.73. The average Bonchev–Trinajstić information content (AvgIpc) is 2.38. The third-order valence-corrected chi connectivity index (χ3v) is 3.62. The molecule has 1 saturated heterocycles. The molecule has 0 saturated carbocycles. The van der Waals surface area contributed by atoms with Crippen LogP contribution in [0.5, 0.6) is 0 Å². The summed E-state index contributed by atoms with van der Waals surface area (Å²) in [6, 6.07) is 3.50. The first-order valence-corrected chi connectivity index (χ1v) is 6.62. The van der Waals surface area contributed by atoms with Gasteiger partial charge in [-0.1, -0.05) is 0 Å². The third kappa shape index (κ3) is 2.78. The van der Waals surface area contributed by atoms with Crippen LogP contribution in [0.2, 0.25) is 0 Å². The standard InChI is InChI=1S/C11H12BrClN2O2/c12-9-2-1-3-14-10(9)11(16)15-4-5-17-7-8(15)6-13/h1-3,8H,4-7H2. The van der Waals surface area contributed by atoms with Crippen molar-refractivity contribution in [2.75, 3.05) is 25.6 Å². The van der Waals surface area contributed by atoms with E-state index in [-0.39, 0.29) is 11.9 Å². The van der Waals surface area contributed by atoms with Crippen molar-refractivity contribution in [3.05, 3.63) is 28.5 Å². The smallest absolute Gasteiger partial charge is 0.274 e. The highest BCUT2D eigenvalue weighted by Crippen LogP contribution is 2.18. The van der Waals surface area contributed by atoms with Crippen LogP contribution in [0.3, 0.4) is 0 Å². The molecular weight excluding hydrogens is 307 g/mol. The maximum Gasteiger partial charge on any atom is 0.274 e. The van der Waals surface area contributed by atoms with E-state index in [2.05, 4.69) is 20.9 Å². The van der Waals surface area contributed by atoms with Gasteiger partial charge in [-0.15, -0.1) is 11.6 Å². The first kappa shape index (κ1) is 12.8. The van der Waals surface area contributed by atoms with E-state index in [1.165, 1.54) is 0 Å². The summed E-state index contributed by atoms with van der Waals surface area (Å²) in [6.07, 6.45) is 1.61. The molecule has 17 heavy (non-hydrogen) atoms. The molecule has 2 rings (SSSR count). The van der Waals surface area contributed by atoms with E-state index in [9.17, 15) is 4.79 Å². The number of alkyl halides is 1. The van der Waals surface area contributed by atoms with Gasteiger partial charge >= 0.3 is 0 Å². The van der Waals surface area contributed by atoms with Crippen molar-refractivity contribution in [1.29, 1.82) is 0 Å². The van der Waals surface area contributed by atoms with Crippen molar-refractivity contribution in [2.45, 2.75) is 6.04 Å². The number of carbonyl (C=O) groups excluding carboxylic acids is 1. The van der Waals surface area contributed by atoms with E-state index in [0.717, 1.165) is 0 Å². The monoisotopic (exact) mass is 318 g/mol. The molecule has 1 aromatic rings. The molecule has 0 radical (unpaired) electrons. The van der Waals surface area contributed by atoms with Crippen molar-refractivity contribution in [1.82, 2.24) is 9.88 Å². The zero-order chi connectivity index (χ0) is 12.3. The predicted molar refractivity (Wildman–Crippen MR) is 68.3 cm³/mol. The fraction of sp³-hybridized carbons (Fsp3) is 0.455. The zero-order valence-corrected chi connectivity index (χ0v) is 11.4. The van der Waals surface area contributed by atoms with Crippen LogP contribution in [0, 0.1) is 0 Å². The van der Waals surface area contributed by atoms with Gasteiger partial charge in [-0.3, -0.25) is 4.79 Å². The Hall–Kier alpha value is -0.650. The normalized spacial score (nSPS) is 20.4. The molecular formula is C11H12BrClN2O2. The Bertz CT molecular complexity index is 416. The first-order valence-electron chi connectivity index (χ1n) is 5.29. The van der Waals surface area contributed by atoms with Gasteiger partial charge in [0, 0.05) is 23.1 Å². The number of morpholine rings is 1. The number of carbonyl (C=O) groups is 1. The number of hydrogen-bond donors (Lipinski definition) is 0. The number of halogens is 2. The summed E-state index contributed by atoms with van der Waals surface area (Å²) in [5.74, 6) is 0.266. The van der Waals surface area contributed by atoms with E-state index in [4.69, 9.17) is 16.3 Å². The van der Waals surface area contributed by atoms with Gasteiger partial charge in [0.2, 0.25) is 0 Å². The van der Waals surface area contributed by atoms with Crippen molar-refractivity contribution >= 4 is 33.4 Å². The summed E-state index contributed by atoms with van der Waals surface area (Å²) < 4.78 is 6.01. The Morgan fingerprint density at radius 3 is 3.24 bits per heavy atom. The number of hydrogen-bond acceptors (Lipinski definition) is 3. The van der Waals surface area contributed by atoms with E-state index in [1.807, 2.05) is 0 Å². The highest BCUT2D eigenvalue weighted by atomic mass is 79.9. The molecule has 1 aliphatic heterocycles. The largest absolute Gasteiger partial charge is 0.377 e. The van der Waals surface area contributed by atoms with Gasteiger partial charge in [0.1, 0.15) is 5.69 Å². The maximum absolute atomic E-state index is 12.3. The molecule has 1 aromatic heterocycles. The number of aromatic nitrogens is 1. The number of amides is 1.